The van der Waals surface area contributed by atoms with E-state index in [0.29, 0.717) is 17.1 Å². The SMILES string of the molecule is CC(=S)OC1CCC(C)CC1C. The molecule has 0 spiro atoms. The van der Waals surface area contributed by atoms with Crippen LogP contribution in [0.3, 0.4) is 0 Å². The molecule has 3 unspecified atom stereocenters. The first-order chi connectivity index (χ1) is 5.59. The van der Waals surface area contributed by atoms with Crippen molar-refractivity contribution in [3.63, 3.8) is 0 Å². The third-order valence-electron chi connectivity index (χ3n) is 2.67. The summed E-state index contributed by atoms with van der Waals surface area (Å²) < 4.78 is 5.58. The molecule has 0 heterocycles. The van der Waals surface area contributed by atoms with Gasteiger partial charge in [-0.1, -0.05) is 13.8 Å². The largest absolute Gasteiger partial charge is 0.484 e. The minimum atomic E-state index is 0.388. The van der Waals surface area contributed by atoms with Crippen LogP contribution in [-0.2, 0) is 4.74 Å². The van der Waals surface area contributed by atoms with Crippen LogP contribution in [0.15, 0.2) is 0 Å². The summed E-state index contributed by atoms with van der Waals surface area (Å²) in [6, 6.07) is 0. The van der Waals surface area contributed by atoms with Crippen molar-refractivity contribution in [2.45, 2.75) is 46.1 Å². The predicted molar refractivity (Wildman–Crippen MR) is 55.3 cm³/mol. The smallest absolute Gasteiger partial charge is 0.157 e. The molecule has 2 heteroatoms. The maximum Gasteiger partial charge on any atom is 0.157 e. The highest BCUT2D eigenvalue weighted by Crippen LogP contribution is 2.30. The van der Waals surface area contributed by atoms with Gasteiger partial charge in [0.25, 0.3) is 0 Å². The van der Waals surface area contributed by atoms with E-state index in [1.54, 1.807) is 0 Å². The topological polar surface area (TPSA) is 9.23 Å². The Morgan fingerprint density at radius 3 is 2.50 bits per heavy atom. The number of hydrogen-bond donors (Lipinski definition) is 0. The zero-order chi connectivity index (χ0) is 9.14. The van der Waals surface area contributed by atoms with E-state index in [1.807, 2.05) is 6.92 Å². The molecule has 12 heavy (non-hydrogen) atoms. The van der Waals surface area contributed by atoms with Crippen molar-refractivity contribution >= 4 is 17.3 Å². The number of hydrogen-bond acceptors (Lipinski definition) is 2. The Balaban J connectivity index is 2.39. The van der Waals surface area contributed by atoms with Crippen LogP contribution in [0, 0.1) is 11.8 Å². The molecule has 0 aliphatic heterocycles. The fourth-order valence-electron chi connectivity index (χ4n) is 2.03. The third kappa shape index (κ3) is 2.74. The van der Waals surface area contributed by atoms with E-state index in [2.05, 4.69) is 13.8 Å². The van der Waals surface area contributed by atoms with Crippen molar-refractivity contribution in [3.8, 4) is 0 Å². The van der Waals surface area contributed by atoms with Gasteiger partial charge in [0.15, 0.2) is 5.05 Å². The molecule has 0 saturated heterocycles. The number of ether oxygens (including phenoxy) is 1. The van der Waals surface area contributed by atoms with Gasteiger partial charge in [-0.3, -0.25) is 0 Å². The molecule has 1 aliphatic rings. The minimum absolute atomic E-state index is 0.388. The average molecular weight is 186 g/mol. The molecule has 1 saturated carbocycles. The van der Waals surface area contributed by atoms with Crippen LogP contribution in [0.1, 0.15) is 40.0 Å². The van der Waals surface area contributed by atoms with Gasteiger partial charge in [0.2, 0.25) is 0 Å². The van der Waals surface area contributed by atoms with Crippen molar-refractivity contribution in [1.29, 1.82) is 0 Å². The molecular formula is C10H18OS. The molecule has 0 aromatic heterocycles. The molecule has 0 aromatic rings. The van der Waals surface area contributed by atoms with Crippen molar-refractivity contribution < 1.29 is 4.74 Å². The highest BCUT2D eigenvalue weighted by atomic mass is 32.1. The van der Waals surface area contributed by atoms with E-state index in [4.69, 9.17) is 17.0 Å². The van der Waals surface area contributed by atoms with Crippen molar-refractivity contribution in [2.24, 2.45) is 11.8 Å². The summed E-state index contributed by atoms with van der Waals surface area (Å²) in [6.07, 6.45) is 4.14. The first-order valence-electron chi connectivity index (χ1n) is 4.76. The Morgan fingerprint density at radius 1 is 1.33 bits per heavy atom. The fourth-order valence-corrected chi connectivity index (χ4v) is 2.15. The lowest BCUT2D eigenvalue weighted by atomic mass is 9.81. The predicted octanol–water partition coefficient (Wildman–Crippen LogP) is 3.18. The van der Waals surface area contributed by atoms with Crippen LogP contribution in [0.25, 0.3) is 0 Å². The Labute approximate surface area is 80.5 Å². The van der Waals surface area contributed by atoms with E-state index >= 15 is 0 Å². The van der Waals surface area contributed by atoms with Crippen LogP contribution in [-0.4, -0.2) is 11.2 Å². The maximum absolute atomic E-state index is 5.58. The Hall–Kier alpha value is -0.110. The van der Waals surface area contributed by atoms with Gasteiger partial charge in [-0.25, -0.2) is 0 Å². The van der Waals surface area contributed by atoms with Gasteiger partial charge < -0.3 is 4.74 Å². The third-order valence-corrected chi connectivity index (χ3v) is 2.77. The highest BCUT2D eigenvalue weighted by molar-refractivity contribution is 7.80. The maximum atomic E-state index is 5.58. The zero-order valence-corrected chi connectivity index (χ0v) is 8.99. The number of thiocarbonyl (C=S) groups is 1. The lowest BCUT2D eigenvalue weighted by molar-refractivity contribution is 0.0748. The van der Waals surface area contributed by atoms with Gasteiger partial charge in [0.05, 0.1) is 0 Å². The molecule has 1 fully saturated rings. The first-order valence-corrected chi connectivity index (χ1v) is 5.17. The Bertz CT molecular complexity index is 167. The Kier molecular flexibility index (Phi) is 3.51. The molecule has 70 valence electrons. The summed E-state index contributed by atoms with van der Waals surface area (Å²) in [5, 5.41) is 0.696. The molecule has 1 nitrogen and oxygen atoms in total. The molecule has 0 amide bonds. The summed E-state index contributed by atoms with van der Waals surface area (Å²) in [6.45, 7) is 6.44. The average Bonchev–Trinajstić information content (AvgIpc) is 1.94. The molecular weight excluding hydrogens is 168 g/mol. The lowest BCUT2D eigenvalue weighted by Gasteiger charge is -2.32. The molecule has 0 bridgehead atoms. The highest BCUT2D eigenvalue weighted by Gasteiger charge is 2.26. The monoisotopic (exact) mass is 186 g/mol. The summed E-state index contributed by atoms with van der Waals surface area (Å²) in [7, 11) is 0. The van der Waals surface area contributed by atoms with Crippen LogP contribution in [0.2, 0.25) is 0 Å². The molecule has 3 atom stereocenters. The van der Waals surface area contributed by atoms with Gasteiger partial charge in [-0.05, 0) is 43.3 Å². The molecule has 1 rings (SSSR count). The second kappa shape index (κ2) is 4.22. The normalized spacial score (nSPS) is 36.1. The van der Waals surface area contributed by atoms with E-state index in [-0.39, 0.29) is 0 Å². The van der Waals surface area contributed by atoms with Crippen molar-refractivity contribution in [2.75, 3.05) is 0 Å². The van der Waals surface area contributed by atoms with E-state index in [9.17, 15) is 0 Å². The quantitative estimate of drug-likeness (QED) is 0.582. The zero-order valence-electron chi connectivity index (χ0n) is 8.17. The standard InChI is InChI=1S/C10H18OS/c1-7-4-5-10(8(2)6-7)11-9(3)12/h7-8,10H,4-6H2,1-3H3. The van der Waals surface area contributed by atoms with Crippen LogP contribution >= 0.6 is 12.2 Å². The summed E-state index contributed by atoms with van der Waals surface area (Å²) in [5.74, 6) is 1.54. The van der Waals surface area contributed by atoms with Gasteiger partial charge >= 0.3 is 0 Å². The molecule has 0 N–H and O–H groups in total. The second-order valence-corrected chi connectivity index (χ2v) is 4.62. The van der Waals surface area contributed by atoms with E-state index < -0.39 is 0 Å². The lowest BCUT2D eigenvalue weighted by Crippen LogP contribution is -2.29. The molecule has 1 aliphatic carbocycles. The van der Waals surface area contributed by atoms with Gasteiger partial charge in [0.1, 0.15) is 6.10 Å². The summed E-state index contributed by atoms with van der Waals surface area (Å²) in [4.78, 5) is 0. The van der Waals surface area contributed by atoms with Crippen molar-refractivity contribution in [1.82, 2.24) is 0 Å². The van der Waals surface area contributed by atoms with Gasteiger partial charge in [-0.15, -0.1) is 0 Å². The Morgan fingerprint density at radius 2 is 2.00 bits per heavy atom. The second-order valence-electron chi connectivity index (χ2n) is 4.04. The molecule has 0 radical (unpaired) electrons. The fraction of sp³-hybridized carbons (Fsp3) is 0.900. The minimum Gasteiger partial charge on any atom is -0.484 e. The summed E-state index contributed by atoms with van der Waals surface area (Å²) >= 11 is 4.94. The first kappa shape index (κ1) is 9.97. The van der Waals surface area contributed by atoms with E-state index in [1.165, 1.54) is 19.3 Å². The molecule has 0 aromatic carbocycles. The van der Waals surface area contributed by atoms with Gasteiger partial charge in [0, 0.05) is 6.92 Å². The number of rotatable bonds is 1. The van der Waals surface area contributed by atoms with Crippen LogP contribution in [0.5, 0.6) is 0 Å². The van der Waals surface area contributed by atoms with Gasteiger partial charge in [-0.2, -0.15) is 0 Å². The van der Waals surface area contributed by atoms with Crippen LogP contribution in [0.4, 0.5) is 0 Å². The van der Waals surface area contributed by atoms with Crippen molar-refractivity contribution in [3.05, 3.63) is 0 Å². The summed E-state index contributed by atoms with van der Waals surface area (Å²) in [5.41, 5.74) is 0. The van der Waals surface area contributed by atoms with E-state index in [0.717, 1.165) is 5.92 Å². The van der Waals surface area contributed by atoms with Crippen LogP contribution < -0.4 is 0 Å².